The molecule has 1 fully saturated rings. The molecule has 4 nitrogen and oxygen atoms in total. The van der Waals surface area contributed by atoms with Crippen LogP contribution in [0.5, 0.6) is 5.75 Å². The minimum Gasteiger partial charge on any atom is -0.495 e. The second-order valence-corrected chi connectivity index (χ2v) is 5.51. The lowest BCUT2D eigenvalue weighted by Crippen LogP contribution is -2.04. The standard InChI is InChI=1S/C12H15N3OS/c1-16-9-5-6-11-13-12(14-15(11)8-9)10-4-2-3-7-17-10/h5-6,8,10H,2-4,7H2,1H3. The summed E-state index contributed by atoms with van der Waals surface area (Å²) < 4.78 is 6.99. The van der Waals surface area contributed by atoms with Gasteiger partial charge >= 0.3 is 0 Å². The van der Waals surface area contributed by atoms with E-state index >= 15 is 0 Å². The van der Waals surface area contributed by atoms with Gasteiger partial charge in [0.05, 0.1) is 18.6 Å². The Morgan fingerprint density at radius 3 is 3.12 bits per heavy atom. The summed E-state index contributed by atoms with van der Waals surface area (Å²) in [4.78, 5) is 4.59. The molecule has 3 heterocycles. The zero-order valence-electron chi connectivity index (χ0n) is 9.80. The number of hydrogen-bond acceptors (Lipinski definition) is 4. The average Bonchev–Trinajstić information content (AvgIpc) is 2.82. The molecule has 17 heavy (non-hydrogen) atoms. The lowest BCUT2D eigenvalue weighted by atomic mass is 10.2. The van der Waals surface area contributed by atoms with Crippen molar-refractivity contribution < 1.29 is 4.74 Å². The number of pyridine rings is 1. The van der Waals surface area contributed by atoms with Crippen molar-refractivity contribution in [3.05, 3.63) is 24.2 Å². The van der Waals surface area contributed by atoms with Crippen LogP contribution in [-0.4, -0.2) is 27.5 Å². The monoisotopic (exact) mass is 249 g/mol. The van der Waals surface area contributed by atoms with Crippen LogP contribution in [0, 0.1) is 0 Å². The first kappa shape index (κ1) is 10.9. The molecule has 2 aromatic rings. The third-order valence-electron chi connectivity index (χ3n) is 3.02. The molecule has 0 aliphatic carbocycles. The summed E-state index contributed by atoms with van der Waals surface area (Å²) in [5.74, 6) is 3.00. The summed E-state index contributed by atoms with van der Waals surface area (Å²) in [6.07, 6.45) is 5.68. The first-order valence-corrected chi connectivity index (χ1v) is 6.93. The number of ether oxygens (including phenoxy) is 1. The van der Waals surface area contributed by atoms with Gasteiger partial charge in [-0.15, -0.1) is 5.10 Å². The second kappa shape index (κ2) is 4.56. The van der Waals surface area contributed by atoms with Crippen molar-refractivity contribution in [2.45, 2.75) is 24.5 Å². The van der Waals surface area contributed by atoms with Crippen LogP contribution in [0.2, 0.25) is 0 Å². The normalized spacial score (nSPS) is 20.6. The molecule has 1 atom stereocenters. The van der Waals surface area contributed by atoms with E-state index in [0.717, 1.165) is 17.2 Å². The lowest BCUT2D eigenvalue weighted by Gasteiger charge is -2.17. The van der Waals surface area contributed by atoms with Crippen molar-refractivity contribution in [3.63, 3.8) is 0 Å². The molecule has 90 valence electrons. The molecule has 0 radical (unpaired) electrons. The van der Waals surface area contributed by atoms with E-state index in [4.69, 9.17) is 4.74 Å². The molecule has 0 N–H and O–H groups in total. The Bertz CT molecular complexity index is 519. The van der Waals surface area contributed by atoms with Gasteiger partial charge in [0.15, 0.2) is 11.5 Å². The minimum absolute atomic E-state index is 0.467. The van der Waals surface area contributed by atoms with Gasteiger partial charge in [0.2, 0.25) is 0 Å². The summed E-state index contributed by atoms with van der Waals surface area (Å²) in [6.45, 7) is 0. The van der Waals surface area contributed by atoms with Crippen LogP contribution in [0.4, 0.5) is 0 Å². The van der Waals surface area contributed by atoms with E-state index in [-0.39, 0.29) is 0 Å². The number of rotatable bonds is 2. The summed E-state index contributed by atoms with van der Waals surface area (Å²) in [5, 5.41) is 5.02. The first-order valence-electron chi connectivity index (χ1n) is 5.89. The molecule has 5 heteroatoms. The Balaban J connectivity index is 1.95. The molecule has 1 unspecified atom stereocenters. The predicted octanol–water partition coefficient (Wildman–Crippen LogP) is 2.70. The quantitative estimate of drug-likeness (QED) is 0.820. The van der Waals surface area contributed by atoms with E-state index in [1.54, 1.807) is 7.11 Å². The minimum atomic E-state index is 0.467. The maximum atomic E-state index is 5.18. The molecule has 0 aromatic carbocycles. The van der Waals surface area contributed by atoms with E-state index < -0.39 is 0 Å². The fourth-order valence-electron chi connectivity index (χ4n) is 2.08. The van der Waals surface area contributed by atoms with E-state index in [0.29, 0.717) is 5.25 Å². The zero-order valence-corrected chi connectivity index (χ0v) is 10.6. The number of nitrogens with zero attached hydrogens (tertiary/aromatic N) is 3. The van der Waals surface area contributed by atoms with Gasteiger partial charge in [-0.1, -0.05) is 6.42 Å². The Morgan fingerprint density at radius 2 is 2.35 bits per heavy atom. The van der Waals surface area contributed by atoms with Crippen molar-refractivity contribution in [2.24, 2.45) is 0 Å². The van der Waals surface area contributed by atoms with Crippen molar-refractivity contribution in [3.8, 4) is 5.75 Å². The molecule has 3 rings (SSSR count). The Hall–Kier alpha value is -1.23. The predicted molar refractivity (Wildman–Crippen MR) is 68.6 cm³/mol. The topological polar surface area (TPSA) is 39.4 Å². The molecule has 0 saturated carbocycles. The van der Waals surface area contributed by atoms with Crippen LogP contribution in [0.3, 0.4) is 0 Å². The zero-order chi connectivity index (χ0) is 11.7. The Kier molecular flexibility index (Phi) is 2.93. The molecule has 2 aromatic heterocycles. The maximum Gasteiger partial charge on any atom is 0.164 e. The smallest absolute Gasteiger partial charge is 0.164 e. The molecule has 0 bridgehead atoms. The lowest BCUT2D eigenvalue weighted by molar-refractivity contribution is 0.411. The van der Waals surface area contributed by atoms with Crippen molar-refractivity contribution in [1.82, 2.24) is 14.6 Å². The third kappa shape index (κ3) is 2.11. The number of methoxy groups -OCH3 is 1. The average molecular weight is 249 g/mol. The highest BCUT2D eigenvalue weighted by Crippen LogP contribution is 2.36. The van der Waals surface area contributed by atoms with E-state index in [1.165, 1.54) is 25.0 Å². The number of fused-ring (bicyclic) bond motifs is 1. The van der Waals surface area contributed by atoms with Gasteiger partial charge in [-0.3, -0.25) is 0 Å². The molecular weight excluding hydrogens is 234 g/mol. The highest BCUT2D eigenvalue weighted by molar-refractivity contribution is 7.99. The molecule has 1 aliphatic heterocycles. The van der Waals surface area contributed by atoms with Gasteiger partial charge in [0.25, 0.3) is 0 Å². The first-order chi connectivity index (χ1) is 8.36. The molecular formula is C12H15N3OS. The summed E-state index contributed by atoms with van der Waals surface area (Å²) in [7, 11) is 1.66. The SMILES string of the molecule is COc1ccc2nc(C3CCCCS3)nn2c1. The molecule has 0 spiro atoms. The van der Waals surface area contributed by atoms with Crippen molar-refractivity contribution >= 4 is 17.4 Å². The largest absolute Gasteiger partial charge is 0.495 e. The van der Waals surface area contributed by atoms with Crippen LogP contribution >= 0.6 is 11.8 Å². The molecule has 1 aliphatic rings. The fourth-order valence-corrected chi connectivity index (χ4v) is 3.32. The second-order valence-electron chi connectivity index (χ2n) is 4.20. The van der Waals surface area contributed by atoms with E-state index in [9.17, 15) is 0 Å². The van der Waals surface area contributed by atoms with Crippen LogP contribution in [0.25, 0.3) is 5.65 Å². The Labute approximate surface area is 104 Å². The summed E-state index contributed by atoms with van der Waals surface area (Å²) >= 11 is 1.97. The van der Waals surface area contributed by atoms with E-state index in [2.05, 4.69) is 10.1 Å². The highest BCUT2D eigenvalue weighted by atomic mass is 32.2. The van der Waals surface area contributed by atoms with Crippen LogP contribution in [0.15, 0.2) is 18.3 Å². The van der Waals surface area contributed by atoms with Crippen LogP contribution in [-0.2, 0) is 0 Å². The van der Waals surface area contributed by atoms with Crippen molar-refractivity contribution in [1.29, 1.82) is 0 Å². The highest BCUT2D eigenvalue weighted by Gasteiger charge is 2.20. The Morgan fingerprint density at radius 1 is 1.41 bits per heavy atom. The van der Waals surface area contributed by atoms with Crippen molar-refractivity contribution in [2.75, 3.05) is 12.9 Å². The summed E-state index contributed by atoms with van der Waals surface area (Å²) in [5.41, 5.74) is 0.895. The summed E-state index contributed by atoms with van der Waals surface area (Å²) in [6, 6.07) is 3.87. The van der Waals surface area contributed by atoms with Gasteiger partial charge in [-0.25, -0.2) is 9.50 Å². The van der Waals surface area contributed by atoms with Crippen LogP contribution < -0.4 is 4.74 Å². The van der Waals surface area contributed by atoms with Crippen LogP contribution in [0.1, 0.15) is 30.3 Å². The fraction of sp³-hybridized carbons (Fsp3) is 0.500. The van der Waals surface area contributed by atoms with Gasteiger partial charge < -0.3 is 4.74 Å². The number of hydrogen-bond donors (Lipinski definition) is 0. The van der Waals surface area contributed by atoms with E-state index in [1.807, 2.05) is 34.6 Å². The van der Waals surface area contributed by atoms with Gasteiger partial charge in [0, 0.05) is 0 Å². The van der Waals surface area contributed by atoms with Gasteiger partial charge in [0.1, 0.15) is 5.75 Å². The number of aromatic nitrogens is 3. The molecule has 1 saturated heterocycles. The van der Waals surface area contributed by atoms with Gasteiger partial charge in [-0.05, 0) is 30.7 Å². The molecule has 0 amide bonds. The van der Waals surface area contributed by atoms with Gasteiger partial charge in [-0.2, -0.15) is 11.8 Å². The third-order valence-corrected chi connectivity index (χ3v) is 4.40. The maximum absolute atomic E-state index is 5.18. The number of thioether (sulfide) groups is 1.